The van der Waals surface area contributed by atoms with Gasteiger partial charge in [0.05, 0.1) is 0 Å². The van der Waals surface area contributed by atoms with Crippen LogP contribution in [0.4, 0.5) is 0 Å². The van der Waals surface area contributed by atoms with Crippen LogP contribution in [0.3, 0.4) is 0 Å². The molecule has 0 saturated heterocycles. The van der Waals surface area contributed by atoms with Gasteiger partial charge in [-0.3, -0.25) is 0 Å². The van der Waals surface area contributed by atoms with Gasteiger partial charge in [-0.15, -0.1) is 0 Å². The molecule has 0 spiro atoms. The first-order chi connectivity index (χ1) is 2.41. The Morgan fingerprint density at radius 2 is 2.40 bits per heavy atom. The van der Waals surface area contributed by atoms with Gasteiger partial charge in [-0.1, -0.05) is 0 Å². The van der Waals surface area contributed by atoms with Gasteiger partial charge in [0.15, 0.2) is 0 Å². The Hall–Kier alpha value is -0.810. The van der Waals surface area contributed by atoms with Crippen LogP contribution in [-0.4, -0.2) is 5.94 Å². The van der Waals surface area contributed by atoms with Gasteiger partial charge in [0, 0.05) is 0 Å². The van der Waals surface area contributed by atoms with Crippen molar-refractivity contribution in [1.82, 2.24) is 0 Å². The topological polar surface area (TPSA) is 37.0 Å². The zero-order valence-corrected chi connectivity index (χ0v) is 2.39. The molecule has 0 fully saturated rings. The molecule has 0 radical (unpaired) electrons. The molecule has 0 aliphatic rings. The molecule has 0 bridgehead atoms. The SMILES string of the molecule is O=C=CC#[O+]. The van der Waals surface area contributed by atoms with Gasteiger partial charge in [0.25, 0.3) is 0 Å². The van der Waals surface area contributed by atoms with Crippen molar-refractivity contribution in [2.75, 3.05) is 0 Å². The number of hydrogen-bond acceptors (Lipinski definition) is 1. The number of carbonyl (C=O) groups excluding carboxylic acids is 1. The second-order valence-corrected chi connectivity index (χ2v) is 0.380. The average Bonchev–Trinajstić information content (AvgIpc) is 1.41. The van der Waals surface area contributed by atoms with E-state index in [2.05, 4.69) is 0 Å². The maximum absolute atomic E-state index is 8.96. The fourth-order valence-electron chi connectivity index (χ4n) is 0.0241. The number of rotatable bonds is 0. The molecule has 2 heteroatoms. The van der Waals surface area contributed by atoms with E-state index in [1.54, 1.807) is 0 Å². The van der Waals surface area contributed by atoms with Crippen LogP contribution in [0.15, 0.2) is 6.08 Å². The molecule has 0 heterocycles. The van der Waals surface area contributed by atoms with E-state index in [1.807, 2.05) is 0 Å². The third kappa shape index (κ3) is 3.19. The Bertz CT molecular complexity index is 92.0. The molecule has 0 atom stereocenters. The van der Waals surface area contributed by atoms with Crippen LogP contribution < -0.4 is 0 Å². The van der Waals surface area contributed by atoms with Crippen LogP contribution in [0.2, 0.25) is 0 Å². The molecule has 0 rings (SSSR count). The standard InChI is InChI=1S/C3HO2/c4-2-1-3-5/h1H/q+1. The molecule has 0 unspecified atom stereocenters. The Morgan fingerprint density at radius 3 is 2.40 bits per heavy atom. The first kappa shape index (κ1) is 4.19. The van der Waals surface area contributed by atoms with Gasteiger partial charge in [-0.05, 0) is 0 Å². The molecular formula is C3HO2+. The predicted molar refractivity (Wildman–Crippen MR) is 14.8 cm³/mol. The van der Waals surface area contributed by atoms with Crippen LogP contribution >= 0.6 is 0 Å². The summed E-state index contributed by atoms with van der Waals surface area (Å²) < 4.78 is 8.96. The van der Waals surface area contributed by atoms with E-state index < -0.39 is 0 Å². The van der Waals surface area contributed by atoms with E-state index in [9.17, 15) is 0 Å². The molecular weight excluding hydrogens is 68.0 g/mol. The zero-order chi connectivity index (χ0) is 4.12. The van der Waals surface area contributed by atoms with Crippen molar-refractivity contribution < 1.29 is 9.45 Å². The van der Waals surface area contributed by atoms with E-state index >= 15 is 0 Å². The maximum atomic E-state index is 8.96. The van der Waals surface area contributed by atoms with E-state index in [1.165, 1.54) is 12.1 Å². The van der Waals surface area contributed by atoms with Gasteiger partial charge in [0.2, 0.25) is 0 Å². The molecule has 2 nitrogen and oxygen atoms in total. The minimum absolute atomic E-state index is 0.639. The second kappa shape index (κ2) is 3.19. The van der Waals surface area contributed by atoms with Crippen LogP contribution in [-0.2, 0) is 9.45 Å². The molecule has 0 saturated carbocycles. The van der Waals surface area contributed by atoms with Crippen molar-refractivity contribution >= 4 is 5.94 Å². The molecule has 0 amide bonds. The molecule has 0 aliphatic heterocycles. The van der Waals surface area contributed by atoms with Crippen LogP contribution in [0, 0.1) is 6.15 Å². The van der Waals surface area contributed by atoms with E-state index in [0.717, 1.165) is 0 Å². The summed E-state index contributed by atoms with van der Waals surface area (Å²) in [5.41, 5.74) is 0. The summed E-state index contributed by atoms with van der Waals surface area (Å²) >= 11 is 0. The molecule has 0 aliphatic carbocycles. The third-order valence-electron chi connectivity index (χ3n) is 0.118. The third-order valence-corrected chi connectivity index (χ3v) is 0.118. The van der Waals surface area contributed by atoms with Gasteiger partial charge >= 0.3 is 27.6 Å². The van der Waals surface area contributed by atoms with Crippen LogP contribution in [0.25, 0.3) is 0 Å². The summed E-state index contributed by atoms with van der Waals surface area (Å²) in [6.45, 7) is 0. The fraction of sp³-hybridized carbons (Fsp3) is 0. The molecule has 5 heavy (non-hydrogen) atoms. The Morgan fingerprint density at radius 1 is 1.80 bits per heavy atom. The Kier molecular flexibility index (Phi) is 2.67. The first-order valence-corrected chi connectivity index (χ1v) is 0.986. The summed E-state index contributed by atoms with van der Waals surface area (Å²) in [6.07, 6.45) is 1.86. The van der Waals surface area contributed by atoms with Crippen molar-refractivity contribution in [3.05, 3.63) is 6.08 Å². The molecule has 24 valence electrons. The summed E-state index contributed by atoms with van der Waals surface area (Å²) in [7, 11) is 0. The number of hydrogen-bond donors (Lipinski definition) is 0. The zero-order valence-electron chi connectivity index (χ0n) is 2.39. The summed E-state index contributed by atoms with van der Waals surface area (Å²) in [5.74, 6) is 1.22. The summed E-state index contributed by atoms with van der Waals surface area (Å²) in [6, 6.07) is 0. The van der Waals surface area contributed by atoms with E-state index in [-0.39, 0.29) is 0 Å². The van der Waals surface area contributed by atoms with Crippen LogP contribution in [0.5, 0.6) is 0 Å². The van der Waals surface area contributed by atoms with Crippen molar-refractivity contribution in [2.45, 2.75) is 0 Å². The van der Waals surface area contributed by atoms with Crippen LogP contribution in [0.1, 0.15) is 0 Å². The van der Waals surface area contributed by atoms with E-state index in [4.69, 9.17) is 9.45 Å². The minimum atomic E-state index is 0.639. The van der Waals surface area contributed by atoms with Gasteiger partial charge in [-0.25, -0.2) is 0 Å². The normalized spacial score (nSPS) is 3.80. The van der Waals surface area contributed by atoms with Crippen molar-refractivity contribution in [3.8, 4) is 6.15 Å². The molecule has 0 aromatic heterocycles. The second-order valence-electron chi connectivity index (χ2n) is 0.380. The fourth-order valence-corrected chi connectivity index (χ4v) is 0.0241. The molecule has 0 aromatic carbocycles. The van der Waals surface area contributed by atoms with Gasteiger partial charge < -0.3 is 0 Å². The summed E-state index contributed by atoms with van der Waals surface area (Å²) in [5, 5.41) is 0. The quantitative estimate of drug-likeness (QED) is 0.286. The van der Waals surface area contributed by atoms with Crippen molar-refractivity contribution in [3.63, 3.8) is 0 Å². The average molecular weight is 69.0 g/mol. The summed E-state index contributed by atoms with van der Waals surface area (Å²) in [4.78, 5) is 8.96. The Labute approximate surface area is 28.8 Å². The monoisotopic (exact) mass is 69.0 g/mol. The van der Waals surface area contributed by atoms with Gasteiger partial charge in [-0.2, -0.15) is 0 Å². The van der Waals surface area contributed by atoms with Crippen molar-refractivity contribution in [2.24, 2.45) is 0 Å². The predicted octanol–water partition coefficient (Wildman–Crippen LogP) is -0.236. The van der Waals surface area contributed by atoms with E-state index in [0.29, 0.717) is 6.08 Å². The molecule has 0 N–H and O–H groups in total. The van der Waals surface area contributed by atoms with Gasteiger partial charge in [0.1, 0.15) is 0 Å². The van der Waals surface area contributed by atoms with Crippen molar-refractivity contribution in [1.29, 1.82) is 0 Å². The number of allylic oxidation sites excluding steroid dienone is 1. The first-order valence-electron chi connectivity index (χ1n) is 0.986. The Balaban J connectivity index is 3.46. The molecule has 0 aromatic rings.